The summed E-state index contributed by atoms with van der Waals surface area (Å²) in [5, 5.41) is 2.31. The third-order valence-corrected chi connectivity index (χ3v) is 5.07. The Kier molecular flexibility index (Phi) is 6.51. The monoisotopic (exact) mass is 417 g/mol. The van der Waals surface area contributed by atoms with Crippen molar-refractivity contribution in [2.75, 3.05) is 21.3 Å². The van der Waals surface area contributed by atoms with Gasteiger partial charge in [0.1, 0.15) is 16.4 Å². The molecule has 0 atom stereocenters. The topological polar surface area (TPSA) is 63.7 Å². The van der Waals surface area contributed by atoms with Gasteiger partial charge in [0, 0.05) is 24.2 Å². The van der Waals surface area contributed by atoms with Crippen molar-refractivity contribution in [2.24, 2.45) is 0 Å². The molecule has 0 aliphatic carbocycles. The molecule has 2 aromatic carbocycles. The fraction of sp³-hybridized carbons (Fsp3) is 0.200. The number of hydrazine groups is 1. The minimum Gasteiger partial charge on any atom is -0.497 e. The molecule has 0 saturated heterocycles. The highest BCUT2D eigenvalue weighted by atomic mass is 35.5. The van der Waals surface area contributed by atoms with Crippen LogP contribution in [0.4, 0.5) is 0 Å². The normalized spacial score (nSPS) is 10.8. The molecule has 0 aliphatic rings. The van der Waals surface area contributed by atoms with E-state index in [1.54, 1.807) is 37.4 Å². The Morgan fingerprint density at radius 1 is 1.14 bits per heavy atom. The lowest BCUT2D eigenvalue weighted by molar-refractivity contribution is 0.0824. The Hall–Kier alpha value is -2.61. The van der Waals surface area contributed by atoms with Crippen LogP contribution in [0.1, 0.15) is 15.2 Å². The van der Waals surface area contributed by atoms with Crippen molar-refractivity contribution < 1.29 is 14.3 Å². The van der Waals surface area contributed by atoms with Crippen LogP contribution in [0.3, 0.4) is 0 Å². The van der Waals surface area contributed by atoms with Crippen molar-refractivity contribution in [1.82, 2.24) is 14.8 Å². The SMILES string of the molecule is COc1ccc(CN(C)NC(=O)c2cc(-c3ccc(Cl)cc3OC)ns2)cc1. The van der Waals surface area contributed by atoms with Crippen molar-refractivity contribution in [3.05, 3.63) is 64.0 Å². The van der Waals surface area contributed by atoms with Crippen LogP contribution in [0, 0.1) is 0 Å². The number of nitrogens with zero attached hydrogens (tertiary/aromatic N) is 2. The molecule has 1 amide bonds. The van der Waals surface area contributed by atoms with Crippen LogP contribution in [0.25, 0.3) is 11.3 Å². The van der Waals surface area contributed by atoms with Crippen LogP contribution in [-0.4, -0.2) is 36.6 Å². The van der Waals surface area contributed by atoms with E-state index in [-0.39, 0.29) is 5.91 Å². The van der Waals surface area contributed by atoms with E-state index in [0.717, 1.165) is 28.4 Å². The number of aromatic nitrogens is 1. The number of hydrogen-bond donors (Lipinski definition) is 1. The van der Waals surface area contributed by atoms with E-state index in [4.69, 9.17) is 21.1 Å². The standard InChI is InChI=1S/C20H20ClN3O3S/c1-24(12-13-4-7-15(26-2)8-5-13)22-20(25)19-11-17(23-28-19)16-9-6-14(21)10-18(16)27-3/h4-11H,12H2,1-3H3,(H,22,25). The van der Waals surface area contributed by atoms with Gasteiger partial charge >= 0.3 is 0 Å². The third-order valence-electron chi connectivity index (χ3n) is 4.04. The number of carbonyl (C=O) groups excluding carboxylic acids is 1. The number of carbonyl (C=O) groups is 1. The number of benzene rings is 2. The van der Waals surface area contributed by atoms with Crippen LogP contribution in [-0.2, 0) is 6.54 Å². The lowest BCUT2D eigenvalue weighted by Gasteiger charge is -2.17. The van der Waals surface area contributed by atoms with Crippen LogP contribution in [0.5, 0.6) is 11.5 Å². The molecule has 0 unspecified atom stereocenters. The molecule has 1 N–H and O–H groups in total. The number of amides is 1. The van der Waals surface area contributed by atoms with Gasteiger partial charge in [0.2, 0.25) is 0 Å². The van der Waals surface area contributed by atoms with Gasteiger partial charge in [-0.1, -0.05) is 23.7 Å². The molecule has 0 aliphatic heterocycles. The molecule has 0 fully saturated rings. The highest BCUT2D eigenvalue weighted by Gasteiger charge is 2.16. The molecule has 8 heteroatoms. The fourth-order valence-corrected chi connectivity index (χ4v) is 3.46. The summed E-state index contributed by atoms with van der Waals surface area (Å²) in [7, 11) is 5.01. The van der Waals surface area contributed by atoms with E-state index < -0.39 is 0 Å². The smallest absolute Gasteiger partial charge is 0.277 e. The number of ether oxygens (including phenoxy) is 2. The Balaban J connectivity index is 1.66. The molecule has 1 heterocycles. The molecular weight excluding hydrogens is 398 g/mol. The first-order valence-electron chi connectivity index (χ1n) is 8.46. The second-order valence-electron chi connectivity index (χ2n) is 6.07. The van der Waals surface area contributed by atoms with Gasteiger partial charge in [-0.15, -0.1) is 0 Å². The molecule has 0 radical (unpaired) electrons. The molecular formula is C20H20ClN3O3S. The number of halogens is 1. The number of hydrogen-bond acceptors (Lipinski definition) is 6. The number of rotatable bonds is 7. The molecule has 28 heavy (non-hydrogen) atoms. The van der Waals surface area contributed by atoms with E-state index in [2.05, 4.69) is 9.80 Å². The zero-order chi connectivity index (χ0) is 20.1. The minimum atomic E-state index is -0.215. The maximum Gasteiger partial charge on any atom is 0.277 e. The molecule has 3 rings (SSSR count). The van der Waals surface area contributed by atoms with Gasteiger partial charge in [-0.2, -0.15) is 4.37 Å². The van der Waals surface area contributed by atoms with Gasteiger partial charge in [-0.25, -0.2) is 5.01 Å². The molecule has 1 aromatic heterocycles. The van der Waals surface area contributed by atoms with Gasteiger partial charge in [0.25, 0.3) is 5.91 Å². The first-order chi connectivity index (χ1) is 13.5. The third kappa shape index (κ3) is 4.81. The summed E-state index contributed by atoms with van der Waals surface area (Å²) < 4.78 is 14.9. The predicted molar refractivity (Wildman–Crippen MR) is 111 cm³/mol. The maximum absolute atomic E-state index is 12.5. The average molecular weight is 418 g/mol. The van der Waals surface area contributed by atoms with E-state index in [9.17, 15) is 4.79 Å². The largest absolute Gasteiger partial charge is 0.497 e. The molecule has 0 spiro atoms. The van der Waals surface area contributed by atoms with Gasteiger partial charge in [0.15, 0.2) is 0 Å². The summed E-state index contributed by atoms with van der Waals surface area (Å²) >= 11 is 7.14. The van der Waals surface area contributed by atoms with Gasteiger partial charge in [-0.05, 0) is 53.5 Å². The zero-order valence-corrected chi connectivity index (χ0v) is 17.3. The number of methoxy groups -OCH3 is 2. The summed E-state index contributed by atoms with van der Waals surface area (Å²) in [5.41, 5.74) is 5.37. The van der Waals surface area contributed by atoms with Crippen LogP contribution in [0.15, 0.2) is 48.5 Å². The highest BCUT2D eigenvalue weighted by molar-refractivity contribution is 7.08. The van der Waals surface area contributed by atoms with Gasteiger partial charge < -0.3 is 9.47 Å². The quantitative estimate of drug-likeness (QED) is 0.582. The summed E-state index contributed by atoms with van der Waals surface area (Å²) in [4.78, 5) is 13.1. The van der Waals surface area contributed by atoms with Crippen LogP contribution in [0.2, 0.25) is 5.02 Å². The maximum atomic E-state index is 12.5. The molecule has 0 saturated carbocycles. The Bertz CT molecular complexity index is 960. The van der Waals surface area contributed by atoms with E-state index in [0.29, 0.717) is 27.9 Å². The molecule has 0 bridgehead atoms. The summed E-state index contributed by atoms with van der Waals surface area (Å²) in [5.74, 6) is 1.19. The van der Waals surface area contributed by atoms with E-state index in [1.165, 1.54) is 0 Å². The van der Waals surface area contributed by atoms with Crippen molar-refractivity contribution in [1.29, 1.82) is 0 Å². The fourth-order valence-electron chi connectivity index (χ4n) is 2.66. The van der Waals surface area contributed by atoms with Crippen molar-refractivity contribution in [2.45, 2.75) is 6.54 Å². The molecule has 146 valence electrons. The highest BCUT2D eigenvalue weighted by Crippen LogP contribution is 2.33. The predicted octanol–water partition coefficient (Wildman–Crippen LogP) is 4.26. The Morgan fingerprint density at radius 3 is 2.57 bits per heavy atom. The number of nitrogens with one attached hydrogen (secondary N) is 1. The first-order valence-corrected chi connectivity index (χ1v) is 9.61. The van der Waals surface area contributed by atoms with E-state index >= 15 is 0 Å². The summed E-state index contributed by atoms with van der Waals surface area (Å²) in [6, 6.07) is 14.7. The minimum absolute atomic E-state index is 0.215. The Labute approximate surface area is 172 Å². The van der Waals surface area contributed by atoms with Gasteiger partial charge in [-0.3, -0.25) is 10.2 Å². The first kappa shape index (κ1) is 20.1. The van der Waals surface area contributed by atoms with Crippen LogP contribution < -0.4 is 14.9 Å². The van der Waals surface area contributed by atoms with Crippen molar-refractivity contribution >= 4 is 29.0 Å². The summed E-state index contributed by atoms with van der Waals surface area (Å²) in [6.07, 6.45) is 0. The van der Waals surface area contributed by atoms with Crippen molar-refractivity contribution in [3.63, 3.8) is 0 Å². The van der Waals surface area contributed by atoms with Crippen molar-refractivity contribution in [3.8, 4) is 22.8 Å². The average Bonchev–Trinajstić information content (AvgIpc) is 3.18. The summed E-state index contributed by atoms with van der Waals surface area (Å²) in [6.45, 7) is 0.562. The van der Waals surface area contributed by atoms with Crippen LogP contribution >= 0.6 is 23.1 Å². The second-order valence-corrected chi connectivity index (χ2v) is 7.31. The Morgan fingerprint density at radius 2 is 1.89 bits per heavy atom. The van der Waals surface area contributed by atoms with Gasteiger partial charge in [0.05, 0.1) is 19.9 Å². The molecule has 3 aromatic rings. The lowest BCUT2D eigenvalue weighted by Crippen LogP contribution is -2.38. The lowest BCUT2D eigenvalue weighted by atomic mass is 10.1. The van der Waals surface area contributed by atoms with E-state index in [1.807, 2.05) is 37.4 Å². The molecule has 6 nitrogen and oxygen atoms in total. The second kappa shape index (κ2) is 9.05. The zero-order valence-electron chi connectivity index (χ0n) is 15.7.